The molecule has 19 heavy (non-hydrogen) atoms. The second-order valence-electron chi connectivity index (χ2n) is 5.51. The topological polar surface area (TPSA) is 48.8 Å². The lowest BCUT2D eigenvalue weighted by Gasteiger charge is -2.39. The van der Waals surface area contributed by atoms with Gasteiger partial charge in [0.15, 0.2) is 11.6 Å². The lowest BCUT2D eigenvalue weighted by Crippen LogP contribution is -2.52. The molecule has 0 aliphatic carbocycles. The average Bonchev–Trinajstić information content (AvgIpc) is 2.56. The number of aliphatic hydroxyl groups excluding tert-OH is 1. The standard InChI is InChI=1S/C14H21N3O2/c1-10(18)11-7-13-14(15-8-11)17-5-4-16(2)9-12(17)3-6-19-13/h7-8,10,12,18H,3-6,9H2,1-2H3/t10?,12-/m0/s1. The van der Waals surface area contributed by atoms with E-state index in [-0.39, 0.29) is 0 Å². The van der Waals surface area contributed by atoms with E-state index in [9.17, 15) is 5.11 Å². The highest BCUT2D eigenvalue weighted by molar-refractivity contribution is 5.55. The maximum absolute atomic E-state index is 9.65. The molecule has 3 heterocycles. The molecule has 104 valence electrons. The van der Waals surface area contributed by atoms with Gasteiger partial charge < -0.3 is 19.6 Å². The van der Waals surface area contributed by atoms with Gasteiger partial charge in [-0.1, -0.05) is 0 Å². The van der Waals surface area contributed by atoms with Crippen LogP contribution in [0.25, 0.3) is 0 Å². The molecule has 0 saturated carbocycles. The minimum absolute atomic E-state index is 0.477. The predicted molar refractivity (Wildman–Crippen MR) is 73.6 cm³/mol. The molecule has 2 aliphatic heterocycles. The van der Waals surface area contributed by atoms with Gasteiger partial charge in [0, 0.05) is 43.9 Å². The second kappa shape index (κ2) is 4.98. The Balaban J connectivity index is 1.94. The molecular formula is C14H21N3O2. The number of likely N-dealkylation sites (N-methyl/N-ethyl adjacent to an activating group) is 1. The van der Waals surface area contributed by atoms with Crippen molar-refractivity contribution in [3.63, 3.8) is 0 Å². The zero-order valence-corrected chi connectivity index (χ0v) is 11.5. The first-order valence-electron chi connectivity index (χ1n) is 6.91. The van der Waals surface area contributed by atoms with Crippen molar-refractivity contribution in [2.75, 3.05) is 38.2 Å². The maximum atomic E-state index is 9.65. The van der Waals surface area contributed by atoms with E-state index in [0.29, 0.717) is 12.6 Å². The van der Waals surface area contributed by atoms with E-state index in [1.165, 1.54) is 0 Å². The Bertz CT molecular complexity index is 464. The highest BCUT2D eigenvalue weighted by atomic mass is 16.5. The summed E-state index contributed by atoms with van der Waals surface area (Å²) >= 11 is 0. The third-order valence-corrected chi connectivity index (χ3v) is 4.00. The van der Waals surface area contributed by atoms with Crippen LogP contribution in [0.4, 0.5) is 5.82 Å². The molecule has 0 radical (unpaired) electrons. The van der Waals surface area contributed by atoms with Gasteiger partial charge in [-0.05, 0) is 20.0 Å². The summed E-state index contributed by atoms with van der Waals surface area (Å²) in [6.45, 7) is 5.56. The quantitative estimate of drug-likeness (QED) is 0.820. The van der Waals surface area contributed by atoms with Gasteiger partial charge in [0.05, 0.1) is 12.7 Å². The Hall–Kier alpha value is -1.33. The summed E-state index contributed by atoms with van der Waals surface area (Å²) in [5, 5.41) is 9.65. The van der Waals surface area contributed by atoms with E-state index >= 15 is 0 Å². The molecule has 5 nitrogen and oxygen atoms in total. The molecule has 1 aromatic heterocycles. The van der Waals surface area contributed by atoms with Crippen LogP contribution < -0.4 is 9.64 Å². The molecule has 1 unspecified atom stereocenters. The number of aromatic nitrogens is 1. The van der Waals surface area contributed by atoms with Gasteiger partial charge in [-0.25, -0.2) is 4.98 Å². The first-order chi connectivity index (χ1) is 9.15. The summed E-state index contributed by atoms with van der Waals surface area (Å²) in [7, 11) is 2.16. The number of pyridine rings is 1. The van der Waals surface area contributed by atoms with E-state index in [1.807, 2.05) is 6.07 Å². The van der Waals surface area contributed by atoms with Crippen LogP contribution in [0, 0.1) is 0 Å². The maximum Gasteiger partial charge on any atom is 0.171 e. The molecular weight excluding hydrogens is 242 g/mol. The molecule has 0 amide bonds. The first kappa shape index (κ1) is 12.7. The highest BCUT2D eigenvalue weighted by Gasteiger charge is 2.30. The third kappa shape index (κ3) is 2.40. The number of hydrogen-bond acceptors (Lipinski definition) is 5. The number of hydrogen-bond donors (Lipinski definition) is 1. The summed E-state index contributed by atoms with van der Waals surface area (Å²) in [5.41, 5.74) is 0.811. The van der Waals surface area contributed by atoms with Gasteiger partial charge in [0.2, 0.25) is 0 Å². The molecule has 5 heteroatoms. The van der Waals surface area contributed by atoms with Gasteiger partial charge >= 0.3 is 0 Å². The molecule has 2 atom stereocenters. The molecule has 3 rings (SSSR count). The van der Waals surface area contributed by atoms with E-state index in [0.717, 1.165) is 43.2 Å². The summed E-state index contributed by atoms with van der Waals surface area (Å²) < 4.78 is 5.83. The highest BCUT2D eigenvalue weighted by Crippen LogP contribution is 2.34. The van der Waals surface area contributed by atoms with Crippen molar-refractivity contribution < 1.29 is 9.84 Å². The smallest absolute Gasteiger partial charge is 0.171 e. The summed E-state index contributed by atoms with van der Waals surface area (Å²) in [6.07, 6.45) is 2.27. The van der Waals surface area contributed by atoms with Crippen molar-refractivity contribution in [2.24, 2.45) is 0 Å². The molecule has 0 spiro atoms. The summed E-state index contributed by atoms with van der Waals surface area (Å²) in [6, 6.07) is 2.40. The normalized spacial score (nSPS) is 25.0. The van der Waals surface area contributed by atoms with Crippen LogP contribution in [0.5, 0.6) is 5.75 Å². The molecule has 1 saturated heterocycles. The van der Waals surface area contributed by atoms with Crippen molar-refractivity contribution in [2.45, 2.75) is 25.5 Å². The Labute approximate surface area is 113 Å². The molecule has 2 aliphatic rings. The summed E-state index contributed by atoms with van der Waals surface area (Å²) in [4.78, 5) is 9.25. The van der Waals surface area contributed by atoms with E-state index in [4.69, 9.17) is 4.74 Å². The Morgan fingerprint density at radius 3 is 3.11 bits per heavy atom. The number of ether oxygens (including phenoxy) is 1. The van der Waals surface area contributed by atoms with E-state index in [2.05, 4.69) is 21.8 Å². The molecule has 1 N–H and O–H groups in total. The Morgan fingerprint density at radius 2 is 2.32 bits per heavy atom. The first-order valence-corrected chi connectivity index (χ1v) is 6.91. The monoisotopic (exact) mass is 263 g/mol. The fraction of sp³-hybridized carbons (Fsp3) is 0.643. The van der Waals surface area contributed by atoms with Gasteiger partial charge in [-0.15, -0.1) is 0 Å². The van der Waals surface area contributed by atoms with Gasteiger partial charge in [-0.3, -0.25) is 0 Å². The van der Waals surface area contributed by atoms with E-state index < -0.39 is 6.10 Å². The van der Waals surface area contributed by atoms with Gasteiger partial charge in [-0.2, -0.15) is 0 Å². The molecule has 1 fully saturated rings. The molecule has 0 bridgehead atoms. The SMILES string of the molecule is CC(O)c1cnc2c(c1)OCC[C@H]1CN(C)CCN21. The van der Waals surface area contributed by atoms with Gasteiger partial charge in [0.25, 0.3) is 0 Å². The minimum Gasteiger partial charge on any atom is -0.490 e. The largest absolute Gasteiger partial charge is 0.490 e. The van der Waals surface area contributed by atoms with E-state index in [1.54, 1.807) is 13.1 Å². The van der Waals surface area contributed by atoms with Crippen LogP contribution in [0.1, 0.15) is 25.0 Å². The van der Waals surface area contributed by atoms with Crippen LogP contribution in [0.15, 0.2) is 12.3 Å². The lowest BCUT2D eigenvalue weighted by atomic mass is 10.1. The van der Waals surface area contributed by atoms with Crippen molar-refractivity contribution in [3.05, 3.63) is 17.8 Å². The van der Waals surface area contributed by atoms with Crippen LogP contribution in [0.3, 0.4) is 0 Å². The Morgan fingerprint density at radius 1 is 1.47 bits per heavy atom. The van der Waals surface area contributed by atoms with Crippen LogP contribution >= 0.6 is 0 Å². The fourth-order valence-corrected chi connectivity index (χ4v) is 2.84. The van der Waals surface area contributed by atoms with Gasteiger partial charge in [0.1, 0.15) is 0 Å². The number of fused-ring (bicyclic) bond motifs is 3. The zero-order valence-electron chi connectivity index (χ0n) is 11.5. The third-order valence-electron chi connectivity index (χ3n) is 4.00. The average molecular weight is 263 g/mol. The minimum atomic E-state index is -0.507. The number of rotatable bonds is 1. The van der Waals surface area contributed by atoms with Crippen molar-refractivity contribution in [1.82, 2.24) is 9.88 Å². The lowest BCUT2D eigenvalue weighted by molar-refractivity contribution is 0.198. The van der Waals surface area contributed by atoms with Crippen LogP contribution in [-0.4, -0.2) is 54.3 Å². The predicted octanol–water partition coefficient (Wildman–Crippen LogP) is 1.04. The zero-order chi connectivity index (χ0) is 13.4. The number of aliphatic hydroxyl groups is 1. The second-order valence-corrected chi connectivity index (χ2v) is 5.51. The molecule has 1 aromatic rings. The molecule has 0 aromatic carbocycles. The Kier molecular flexibility index (Phi) is 3.33. The number of nitrogens with zero attached hydrogens (tertiary/aromatic N) is 3. The fourth-order valence-electron chi connectivity index (χ4n) is 2.84. The van der Waals surface area contributed by atoms with Crippen LogP contribution in [-0.2, 0) is 0 Å². The van der Waals surface area contributed by atoms with Crippen LogP contribution in [0.2, 0.25) is 0 Å². The number of anilines is 1. The summed E-state index contributed by atoms with van der Waals surface area (Å²) in [5.74, 6) is 1.74. The van der Waals surface area contributed by atoms with Crippen molar-refractivity contribution >= 4 is 5.82 Å². The van der Waals surface area contributed by atoms with Crippen molar-refractivity contribution in [3.8, 4) is 5.75 Å². The number of piperazine rings is 1. The van der Waals surface area contributed by atoms with Crippen molar-refractivity contribution in [1.29, 1.82) is 0 Å².